The van der Waals surface area contributed by atoms with E-state index < -0.39 is 0 Å². The number of carbonyl (C=O) groups excluding carboxylic acids is 1. The Balaban J connectivity index is 1.66. The van der Waals surface area contributed by atoms with E-state index in [0.29, 0.717) is 30.5 Å². The Bertz CT molecular complexity index is 370. The van der Waals surface area contributed by atoms with Crippen molar-refractivity contribution in [1.82, 2.24) is 4.90 Å². The van der Waals surface area contributed by atoms with Crippen LogP contribution in [-0.4, -0.2) is 29.4 Å². The molecule has 1 aliphatic heterocycles. The molecule has 5 atom stereocenters. The Morgan fingerprint density at radius 1 is 1.00 bits per heavy atom. The van der Waals surface area contributed by atoms with E-state index in [1.165, 1.54) is 38.5 Å². The van der Waals surface area contributed by atoms with Crippen molar-refractivity contribution in [3.63, 3.8) is 0 Å². The molecule has 0 bridgehead atoms. The molecule has 5 unspecified atom stereocenters. The van der Waals surface area contributed by atoms with Crippen LogP contribution in [0.2, 0.25) is 0 Å². The van der Waals surface area contributed by atoms with Crippen LogP contribution < -0.4 is 5.73 Å². The molecule has 2 N–H and O–H groups in total. The molecule has 0 aromatic carbocycles. The fourth-order valence-electron chi connectivity index (χ4n) is 5.22. The lowest BCUT2D eigenvalue weighted by molar-refractivity contribution is -0.144. The molecule has 1 saturated heterocycles. The molecule has 0 aromatic heterocycles. The summed E-state index contributed by atoms with van der Waals surface area (Å²) in [6.07, 6.45) is 12.6. The van der Waals surface area contributed by atoms with Crippen molar-refractivity contribution in [3.8, 4) is 0 Å². The highest BCUT2D eigenvalue weighted by atomic mass is 16.2. The molecule has 1 amide bonds. The summed E-state index contributed by atoms with van der Waals surface area (Å²) >= 11 is 0. The Hall–Kier alpha value is -0.570. The van der Waals surface area contributed by atoms with Gasteiger partial charge in [0.15, 0.2) is 0 Å². The van der Waals surface area contributed by atoms with Gasteiger partial charge in [-0.25, -0.2) is 0 Å². The third-order valence-corrected chi connectivity index (χ3v) is 6.44. The summed E-state index contributed by atoms with van der Waals surface area (Å²) in [6.45, 7) is 2.85. The van der Waals surface area contributed by atoms with Crippen LogP contribution in [0.5, 0.6) is 0 Å². The zero-order valence-corrected chi connectivity index (χ0v) is 13.6. The molecule has 2 aliphatic carbocycles. The summed E-state index contributed by atoms with van der Waals surface area (Å²) in [6, 6.07) is 0.689. The van der Waals surface area contributed by atoms with Gasteiger partial charge in [0.25, 0.3) is 0 Å². The number of amides is 1. The Kier molecular flexibility index (Phi) is 4.88. The summed E-state index contributed by atoms with van der Waals surface area (Å²) in [4.78, 5) is 15.3. The van der Waals surface area contributed by atoms with Gasteiger partial charge in [-0.3, -0.25) is 4.79 Å². The summed E-state index contributed by atoms with van der Waals surface area (Å²) < 4.78 is 0. The molecule has 3 aliphatic rings. The lowest BCUT2D eigenvalue weighted by Gasteiger charge is -2.45. The van der Waals surface area contributed by atoms with E-state index in [4.69, 9.17) is 5.73 Å². The minimum absolute atomic E-state index is 0.291. The second-order valence-electron chi connectivity index (χ2n) is 7.73. The molecule has 3 rings (SSSR count). The number of nitrogens with two attached hydrogens (primary N) is 1. The van der Waals surface area contributed by atoms with Gasteiger partial charge in [-0.15, -0.1) is 0 Å². The average molecular weight is 292 g/mol. The fourth-order valence-corrected chi connectivity index (χ4v) is 5.22. The number of fused-ring (bicyclic) bond motifs is 1. The summed E-state index contributed by atoms with van der Waals surface area (Å²) in [5.74, 6) is 2.48. The van der Waals surface area contributed by atoms with Gasteiger partial charge in [-0.2, -0.15) is 0 Å². The molecular weight excluding hydrogens is 260 g/mol. The van der Waals surface area contributed by atoms with Crippen LogP contribution in [0.15, 0.2) is 0 Å². The zero-order valence-electron chi connectivity index (χ0n) is 13.6. The van der Waals surface area contributed by atoms with E-state index in [1.54, 1.807) is 0 Å². The third-order valence-electron chi connectivity index (χ3n) is 6.44. The Labute approximate surface area is 129 Å². The van der Waals surface area contributed by atoms with Gasteiger partial charge >= 0.3 is 0 Å². The van der Waals surface area contributed by atoms with Crippen LogP contribution in [0, 0.1) is 17.8 Å². The van der Waals surface area contributed by atoms with Crippen molar-refractivity contribution >= 4 is 5.91 Å². The van der Waals surface area contributed by atoms with E-state index in [0.717, 1.165) is 37.5 Å². The maximum Gasteiger partial charge on any atom is 0.226 e. The standard InChI is InChI=1S/C18H32N2O/c1-13-5-4-8-17(12-19)20(13)18(21)16-10-9-14-6-2-3-7-15(14)11-16/h13-17H,2-12,19H2,1H3. The summed E-state index contributed by atoms with van der Waals surface area (Å²) in [7, 11) is 0. The first kappa shape index (κ1) is 15.3. The van der Waals surface area contributed by atoms with Crippen molar-refractivity contribution in [3.05, 3.63) is 0 Å². The molecule has 3 nitrogen and oxygen atoms in total. The van der Waals surface area contributed by atoms with Gasteiger partial charge < -0.3 is 10.6 Å². The number of rotatable bonds is 2. The number of piperidine rings is 1. The predicted octanol–water partition coefficient (Wildman–Crippen LogP) is 3.32. The minimum atomic E-state index is 0.291. The number of carbonyl (C=O) groups is 1. The van der Waals surface area contributed by atoms with Crippen LogP contribution in [0.25, 0.3) is 0 Å². The van der Waals surface area contributed by atoms with Gasteiger partial charge in [0, 0.05) is 24.5 Å². The molecule has 3 heteroatoms. The van der Waals surface area contributed by atoms with Crippen LogP contribution in [0.4, 0.5) is 0 Å². The Morgan fingerprint density at radius 3 is 2.52 bits per heavy atom. The normalized spacial score (nSPS) is 40.7. The second kappa shape index (κ2) is 6.68. The highest BCUT2D eigenvalue weighted by Gasteiger charge is 2.39. The third kappa shape index (κ3) is 3.13. The Morgan fingerprint density at radius 2 is 1.76 bits per heavy atom. The molecule has 1 heterocycles. The van der Waals surface area contributed by atoms with Gasteiger partial charge in [-0.1, -0.05) is 25.7 Å². The maximum atomic E-state index is 13.1. The van der Waals surface area contributed by atoms with Crippen molar-refractivity contribution in [2.75, 3.05) is 6.54 Å². The quantitative estimate of drug-likeness (QED) is 0.848. The monoisotopic (exact) mass is 292 g/mol. The van der Waals surface area contributed by atoms with Crippen LogP contribution in [0.1, 0.15) is 71.1 Å². The summed E-state index contributed by atoms with van der Waals surface area (Å²) in [5.41, 5.74) is 5.94. The minimum Gasteiger partial charge on any atom is -0.336 e. The number of hydrogen-bond donors (Lipinski definition) is 1. The van der Waals surface area contributed by atoms with Crippen LogP contribution >= 0.6 is 0 Å². The molecule has 120 valence electrons. The average Bonchev–Trinajstić information content (AvgIpc) is 2.53. The van der Waals surface area contributed by atoms with E-state index in [9.17, 15) is 4.79 Å². The van der Waals surface area contributed by atoms with Gasteiger partial charge in [-0.05, 0) is 57.3 Å². The first-order chi connectivity index (χ1) is 10.2. The van der Waals surface area contributed by atoms with Gasteiger partial charge in [0.1, 0.15) is 0 Å². The second-order valence-corrected chi connectivity index (χ2v) is 7.73. The van der Waals surface area contributed by atoms with Crippen LogP contribution in [-0.2, 0) is 4.79 Å². The summed E-state index contributed by atoms with van der Waals surface area (Å²) in [5, 5.41) is 0. The first-order valence-corrected chi connectivity index (χ1v) is 9.23. The predicted molar refractivity (Wildman–Crippen MR) is 85.8 cm³/mol. The molecular formula is C18H32N2O. The topological polar surface area (TPSA) is 46.3 Å². The van der Waals surface area contributed by atoms with E-state index in [1.807, 2.05) is 0 Å². The smallest absolute Gasteiger partial charge is 0.226 e. The molecule has 0 aromatic rings. The largest absolute Gasteiger partial charge is 0.336 e. The molecule has 3 fully saturated rings. The van der Waals surface area contributed by atoms with Gasteiger partial charge in [0.05, 0.1) is 0 Å². The first-order valence-electron chi connectivity index (χ1n) is 9.23. The van der Waals surface area contributed by atoms with Crippen molar-refractivity contribution in [2.24, 2.45) is 23.5 Å². The highest BCUT2D eigenvalue weighted by molar-refractivity contribution is 5.79. The van der Waals surface area contributed by atoms with E-state index in [-0.39, 0.29) is 0 Å². The molecule has 0 radical (unpaired) electrons. The van der Waals surface area contributed by atoms with Crippen molar-refractivity contribution in [1.29, 1.82) is 0 Å². The lowest BCUT2D eigenvalue weighted by Crippen LogP contribution is -2.54. The number of likely N-dealkylation sites (tertiary alicyclic amines) is 1. The fraction of sp³-hybridized carbons (Fsp3) is 0.944. The van der Waals surface area contributed by atoms with Crippen molar-refractivity contribution in [2.45, 2.75) is 83.2 Å². The zero-order chi connectivity index (χ0) is 14.8. The van der Waals surface area contributed by atoms with Crippen molar-refractivity contribution < 1.29 is 4.79 Å². The maximum absolute atomic E-state index is 13.1. The van der Waals surface area contributed by atoms with Crippen LogP contribution in [0.3, 0.4) is 0 Å². The van der Waals surface area contributed by atoms with E-state index >= 15 is 0 Å². The molecule has 0 spiro atoms. The lowest BCUT2D eigenvalue weighted by atomic mass is 9.67. The molecule has 21 heavy (non-hydrogen) atoms. The number of nitrogens with zero attached hydrogens (tertiary/aromatic N) is 1. The SMILES string of the molecule is CC1CCCC(CN)N1C(=O)C1CCC2CCCCC2C1. The van der Waals surface area contributed by atoms with Gasteiger partial charge in [0.2, 0.25) is 5.91 Å². The molecule has 2 saturated carbocycles. The number of hydrogen-bond acceptors (Lipinski definition) is 2. The van der Waals surface area contributed by atoms with E-state index in [2.05, 4.69) is 11.8 Å². The highest BCUT2D eigenvalue weighted by Crippen LogP contribution is 2.43.